The molecule has 0 amide bonds. The van der Waals surface area contributed by atoms with Crippen molar-refractivity contribution in [2.75, 3.05) is 12.4 Å². The van der Waals surface area contributed by atoms with Gasteiger partial charge in [0.15, 0.2) is 5.11 Å². The summed E-state index contributed by atoms with van der Waals surface area (Å²) >= 11 is 5.29. The molecule has 1 aliphatic carbocycles. The molecule has 1 fully saturated rings. The van der Waals surface area contributed by atoms with Crippen molar-refractivity contribution in [1.29, 1.82) is 0 Å². The molecule has 0 atom stereocenters. The molecular formula is C13H18N2OS. The molecule has 3 nitrogen and oxygen atoms in total. The molecule has 0 saturated heterocycles. The van der Waals surface area contributed by atoms with Crippen LogP contribution in [0.15, 0.2) is 18.2 Å². The molecule has 2 N–H and O–H groups in total. The van der Waals surface area contributed by atoms with Gasteiger partial charge < -0.3 is 15.4 Å². The molecule has 17 heavy (non-hydrogen) atoms. The summed E-state index contributed by atoms with van der Waals surface area (Å²) in [5.41, 5.74) is 2.10. The van der Waals surface area contributed by atoms with Crippen LogP contribution in [0, 0.1) is 6.92 Å². The number of rotatable bonds is 3. The lowest BCUT2D eigenvalue weighted by Gasteiger charge is -2.28. The molecule has 1 aromatic carbocycles. The lowest BCUT2D eigenvalue weighted by molar-refractivity contribution is 0.385. The highest BCUT2D eigenvalue weighted by atomic mass is 32.1. The van der Waals surface area contributed by atoms with Crippen molar-refractivity contribution in [3.63, 3.8) is 0 Å². The summed E-state index contributed by atoms with van der Waals surface area (Å²) in [6, 6.07) is 6.55. The molecule has 0 bridgehead atoms. The first kappa shape index (κ1) is 12.2. The van der Waals surface area contributed by atoms with Gasteiger partial charge in [-0.15, -0.1) is 0 Å². The summed E-state index contributed by atoms with van der Waals surface area (Å²) in [7, 11) is 1.66. The van der Waals surface area contributed by atoms with Crippen LogP contribution in [0.4, 0.5) is 5.69 Å². The second-order valence-corrected chi connectivity index (χ2v) is 4.84. The van der Waals surface area contributed by atoms with E-state index in [1.165, 1.54) is 24.8 Å². The number of hydrogen-bond acceptors (Lipinski definition) is 2. The van der Waals surface area contributed by atoms with Crippen LogP contribution < -0.4 is 15.4 Å². The predicted octanol–water partition coefficient (Wildman–Crippen LogP) is 2.84. The smallest absolute Gasteiger partial charge is 0.171 e. The zero-order valence-electron chi connectivity index (χ0n) is 10.2. The molecule has 0 spiro atoms. The van der Waals surface area contributed by atoms with Gasteiger partial charge in [0.2, 0.25) is 0 Å². The lowest BCUT2D eigenvalue weighted by Crippen LogP contribution is -2.41. The van der Waals surface area contributed by atoms with E-state index in [-0.39, 0.29) is 0 Å². The molecule has 0 radical (unpaired) electrons. The Morgan fingerprint density at radius 2 is 2.18 bits per heavy atom. The number of methoxy groups -OCH3 is 1. The first-order valence-corrected chi connectivity index (χ1v) is 6.32. The Kier molecular flexibility index (Phi) is 3.84. The molecule has 2 rings (SSSR count). The number of anilines is 1. The van der Waals surface area contributed by atoms with Crippen LogP contribution in [0.1, 0.15) is 24.8 Å². The maximum atomic E-state index is 5.30. The van der Waals surface area contributed by atoms with Crippen molar-refractivity contribution in [2.45, 2.75) is 32.2 Å². The largest absolute Gasteiger partial charge is 0.495 e. The van der Waals surface area contributed by atoms with Crippen LogP contribution in [-0.4, -0.2) is 18.3 Å². The summed E-state index contributed by atoms with van der Waals surface area (Å²) in [5.74, 6) is 0.813. The van der Waals surface area contributed by atoms with Crippen LogP contribution in [0.25, 0.3) is 0 Å². The molecule has 0 aliphatic heterocycles. The summed E-state index contributed by atoms with van der Waals surface area (Å²) in [4.78, 5) is 0. The highest BCUT2D eigenvalue weighted by molar-refractivity contribution is 7.80. The number of benzene rings is 1. The normalized spacial score (nSPS) is 14.9. The van der Waals surface area contributed by atoms with Crippen molar-refractivity contribution in [3.8, 4) is 5.75 Å². The Balaban J connectivity index is 2.00. The highest BCUT2D eigenvalue weighted by Gasteiger charge is 2.18. The van der Waals surface area contributed by atoms with E-state index in [1.54, 1.807) is 7.11 Å². The summed E-state index contributed by atoms with van der Waals surface area (Å²) in [5, 5.41) is 7.18. The fourth-order valence-corrected chi connectivity index (χ4v) is 2.09. The molecule has 0 aromatic heterocycles. The second kappa shape index (κ2) is 5.36. The van der Waals surface area contributed by atoms with Crippen LogP contribution in [0.3, 0.4) is 0 Å². The maximum Gasteiger partial charge on any atom is 0.171 e. The lowest BCUT2D eigenvalue weighted by atomic mass is 9.93. The van der Waals surface area contributed by atoms with Crippen LogP contribution in [-0.2, 0) is 0 Å². The van der Waals surface area contributed by atoms with Crippen LogP contribution in [0.2, 0.25) is 0 Å². The molecule has 4 heteroatoms. The number of hydrogen-bond donors (Lipinski definition) is 2. The van der Waals surface area contributed by atoms with Crippen molar-refractivity contribution >= 4 is 23.0 Å². The van der Waals surface area contributed by atoms with Gasteiger partial charge in [-0.3, -0.25) is 0 Å². The van der Waals surface area contributed by atoms with Gasteiger partial charge in [0.1, 0.15) is 5.75 Å². The SMILES string of the molecule is COc1ccc(C)cc1NC(=S)NC1CCC1. The molecule has 0 unspecified atom stereocenters. The predicted molar refractivity (Wildman–Crippen MR) is 74.7 cm³/mol. The van der Waals surface area contributed by atoms with E-state index in [4.69, 9.17) is 17.0 Å². The van der Waals surface area contributed by atoms with Gasteiger partial charge in [0, 0.05) is 6.04 Å². The summed E-state index contributed by atoms with van der Waals surface area (Å²) in [6.07, 6.45) is 3.73. The number of thiocarbonyl (C=S) groups is 1. The van der Waals surface area contributed by atoms with E-state index < -0.39 is 0 Å². The van der Waals surface area contributed by atoms with E-state index in [0.29, 0.717) is 11.2 Å². The van der Waals surface area contributed by atoms with Gasteiger partial charge in [-0.05, 0) is 56.1 Å². The fraction of sp³-hybridized carbons (Fsp3) is 0.462. The zero-order chi connectivity index (χ0) is 12.3. The minimum atomic E-state index is 0.547. The number of aryl methyl sites for hydroxylation is 1. The van der Waals surface area contributed by atoms with E-state index in [0.717, 1.165) is 11.4 Å². The monoisotopic (exact) mass is 250 g/mol. The van der Waals surface area contributed by atoms with Gasteiger partial charge in [-0.1, -0.05) is 6.07 Å². The topological polar surface area (TPSA) is 33.3 Å². The van der Waals surface area contributed by atoms with Crippen LogP contribution in [0.5, 0.6) is 5.75 Å². The second-order valence-electron chi connectivity index (χ2n) is 4.43. The number of nitrogens with one attached hydrogen (secondary N) is 2. The van der Waals surface area contributed by atoms with E-state index in [1.807, 2.05) is 25.1 Å². The van der Waals surface area contributed by atoms with Crippen molar-refractivity contribution in [3.05, 3.63) is 23.8 Å². The molecule has 0 heterocycles. The molecule has 1 aromatic rings. The first-order valence-electron chi connectivity index (χ1n) is 5.91. The van der Waals surface area contributed by atoms with Gasteiger partial charge in [0.25, 0.3) is 0 Å². The molecular weight excluding hydrogens is 232 g/mol. The average Bonchev–Trinajstić information content (AvgIpc) is 2.24. The molecule has 92 valence electrons. The Bertz CT molecular complexity index is 416. The summed E-state index contributed by atoms with van der Waals surface area (Å²) < 4.78 is 5.30. The van der Waals surface area contributed by atoms with E-state index in [9.17, 15) is 0 Å². The standard InChI is InChI=1S/C13H18N2OS/c1-9-6-7-12(16-2)11(8-9)15-13(17)14-10-4-3-5-10/h6-8,10H,3-5H2,1-2H3,(H2,14,15,17). The van der Waals surface area contributed by atoms with Crippen molar-refractivity contribution in [1.82, 2.24) is 5.32 Å². The van der Waals surface area contributed by atoms with E-state index in [2.05, 4.69) is 10.6 Å². The van der Waals surface area contributed by atoms with Crippen molar-refractivity contribution in [2.24, 2.45) is 0 Å². The minimum absolute atomic E-state index is 0.547. The van der Waals surface area contributed by atoms with Crippen LogP contribution >= 0.6 is 12.2 Å². The third-order valence-electron chi connectivity index (χ3n) is 3.04. The third-order valence-corrected chi connectivity index (χ3v) is 3.26. The van der Waals surface area contributed by atoms with Gasteiger partial charge in [0.05, 0.1) is 12.8 Å². The average molecular weight is 250 g/mol. The van der Waals surface area contributed by atoms with E-state index >= 15 is 0 Å². The fourth-order valence-electron chi connectivity index (χ4n) is 1.82. The Morgan fingerprint density at radius 3 is 2.76 bits per heavy atom. The molecule has 1 saturated carbocycles. The minimum Gasteiger partial charge on any atom is -0.495 e. The first-order chi connectivity index (χ1) is 8.19. The maximum absolute atomic E-state index is 5.30. The number of ether oxygens (including phenoxy) is 1. The van der Waals surface area contributed by atoms with Gasteiger partial charge >= 0.3 is 0 Å². The van der Waals surface area contributed by atoms with Gasteiger partial charge in [-0.2, -0.15) is 0 Å². The quantitative estimate of drug-likeness (QED) is 0.808. The zero-order valence-corrected chi connectivity index (χ0v) is 11.1. The Morgan fingerprint density at radius 1 is 1.41 bits per heavy atom. The summed E-state index contributed by atoms with van der Waals surface area (Å²) in [6.45, 7) is 2.05. The third kappa shape index (κ3) is 3.09. The highest BCUT2D eigenvalue weighted by Crippen LogP contribution is 2.25. The van der Waals surface area contributed by atoms with Gasteiger partial charge in [-0.25, -0.2) is 0 Å². The van der Waals surface area contributed by atoms with Crippen molar-refractivity contribution < 1.29 is 4.74 Å². The molecule has 1 aliphatic rings. The Labute approximate surface area is 108 Å². The Hall–Kier alpha value is -1.29.